The summed E-state index contributed by atoms with van der Waals surface area (Å²) in [4.78, 5) is 23.0. The molecule has 0 unspecified atom stereocenters. The Kier molecular flexibility index (Phi) is 5.21. The molecule has 7 nitrogen and oxygen atoms in total. The van der Waals surface area contributed by atoms with Crippen LogP contribution in [0.5, 0.6) is 5.88 Å². The number of hydrogen-bond acceptors (Lipinski definition) is 7. The molecule has 0 saturated heterocycles. The van der Waals surface area contributed by atoms with Gasteiger partial charge in [0.1, 0.15) is 0 Å². The second kappa shape index (κ2) is 7.93. The van der Waals surface area contributed by atoms with Crippen LogP contribution >= 0.6 is 11.8 Å². The van der Waals surface area contributed by atoms with Crippen molar-refractivity contribution in [1.82, 2.24) is 20.2 Å². The predicted octanol–water partition coefficient (Wildman–Crippen LogP) is 3.88. The minimum Gasteiger partial charge on any atom is -0.447 e. The van der Waals surface area contributed by atoms with Crippen LogP contribution < -0.4 is 9.64 Å². The molecule has 2 aromatic heterocycles. The number of carbonyl (C=O) groups excluding carboxylic acids is 1. The van der Waals surface area contributed by atoms with Crippen LogP contribution in [0.4, 0.5) is 5.69 Å². The van der Waals surface area contributed by atoms with Crippen LogP contribution in [0.1, 0.15) is 32.1 Å². The standard InChI is InChI=1S/C20H19N5O2S/c1-3-11-28-20-22-18-17(23-24-20)15-8-4-5-9-16(15)25(13(2)26)19(27-18)14-7-6-10-21-12-14/h4-10,12,19H,3,11H2,1-2H3/t19-/m1/s1. The molecule has 142 valence electrons. The fourth-order valence-corrected chi connectivity index (χ4v) is 3.68. The molecular formula is C20H19N5O2S. The number of rotatable bonds is 4. The van der Waals surface area contributed by atoms with Crippen molar-refractivity contribution in [2.45, 2.75) is 31.7 Å². The number of thioether (sulfide) groups is 1. The monoisotopic (exact) mass is 393 g/mol. The number of para-hydroxylation sites is 1. The van der Waals surface area contributed by atoms with Crippen molar-refractivity contribution in [3.05, 3.63) is 54.4 Å². The molecule has 1 aliphatic heterocycles. The molecule has 0 radical (unpaired) electrons. The predicted molar refractivity (Wildman–Crippen MR) is 107 cm³/mol. The van der Waals surface area contributed by atoms with Crippen molar-refractivity contribution >= 4 is 23.4 Å². The Morgan fingerprint density at radius 2 is 2.07 bits per heavy atom. The highest BCUT2D eigenvalue weighted by Crippen LogP contribution is 2.43. The van der Waals surface area contributed by atoms with Crippen molar-refractivity contribution in [3.63, 3.8) is 0 Å². The maximum absolute atomic E-state index is 12.6. The Hall–Kier alpha value is -3.00. The van der Waals surface area contributed by atoms with E-state index in [9.17, 15) is 4.79 Å². The van der Waals surface area contributed by atoms with Gasteiger partial charge in [0.05, 0.1) is 5.69 Å². The zero-order valence-corrected chi connectivity index (χ0v) is 16.4. The van der Waals surface area contributed by atoms with E-state index in [4.69, 9.17) is 4.74 Å². The molecule has 28 heavy (non-hydrogen) atoms. The maximum Gasteiger partial charge on any atom is 0.247 e. The number of hydrogen-bond donors (Lipinski definition) is 0. The summed E-state index contributed by atoms with van der Waals surface area (Å²) in [7, 11) is 0. The van der Waals surface area contributed by atoms with Crippen LogP contribution in [-0.2, 0) is 4.79 Å². The average Bonchev–Trinajstić information content (AvgIpc) is 2.87. The first kappa shape index (κ1) is 18.4. The van der Waals surface area contributed by atoms with E-state index in [0.717, 1.165) is 23.3 Å². The fourth-order valence-electron chi connectivity index (χ4n) is 3.05. The summed E-state index contributed by atoms with van der Waals surface area (Å²) in [6, 6.07) is 11.2. The SMILES string of the molecule is CCCSc1nnc2c(n1)O[C@H](c1cccnc1)N(C(C)=O)c1ccccc1-2. The number of fused-ring (bicyclic) bond motifs is 3. The molecule has 8 heteroatoms. The topological polar surface area (TPSA) is 81.1 Å². The minimum atomic E-state index is -0.700. The zero-order chi connectivity index (χ0) is 19.5. The molecule has 0 fully saturated rings. The summed E-state index contributed by atoms with van der Waals surface area (Å²) in [5.41, 5.74) is 2.73. The number of anilines is 1. The number of pyridine rings is 1. The first-order chi connectivity index (χ1) is 13.7. The van der Waals surface area contributed by atoms with Crippen molar-refractivity contribution in [3.8, 4) is 17.1 Å². The van der Waals surface area contributed by atoms with Crippen LogP contribution in [0.3, 0.4) is 0 Å². The highest BCUT2D eigenvalue weighted by Gasteiger charge is 2.34. The van der Waals surface area contributed by atoms with Gasteiger partial charge in [0.25, 0.3) is 0 Å². The van der Waals surface area contributed by atoms with Gasteiger partial charge < -0.3 is 4.74 Å². The number of amides is 1. The molecule has 0 spiro atoms. The van der Waals surface area contributed by atoms with Crippen LogP contribution in [-0.4, -0.2) is 31.8 Å². The van der Waals surface area contributed by atoms with Gasteiger partial charge in [-0.05, 0) is 18.6 Å². The fraction of sp³-hybridized carbons (Fsp3) is 0.250. The smallest absolute Gasteiger partial charge is 0.247 e. The summed E-state index contributed by atoms with van der Waals surface area (Å²) >= 11 is 1.53. The Morgan fingerprint density at radius 1 is 1.21 bits per heavy atom. The minimum absolute atomic E-state index is 0.150. The van der Waals surface area contributed by atoms with Crippen molar-refractivity contribution in [2.24, 2.45) is 0 Å². The Balaban J connectivity index is 1.90. The van der Waals surface area contributed by atoms with Gasteiger partial charge in [-0.3, -0.25) is 14.7 Å². The quantitative estimate of drug-likeness (QED) is 0.622. The van der Waals surface area contributed by atoms with Crippen molar-refractivity contribution in [2.75, 3.05) is 10.7 Å². The van der Waals surface area contributed by atoms with Crippen LogP contribution in [0.15, 0.2) is 53.9 Å². The normalized spacial score (nSPS) is 15.2. The number of ether oxygens (including phenoxy) is 1. The first-order valence-electron chi connectivity index (χ1n) is 9.02. The van der Waals surface area contributed by atoms with E-state index in [-0.39, 0.29) is 5.91 Å². The van der Waals surface area contributed by atoms with Gasteiger partial charge in [-0.15, -0.1) is 10.2 Å². The van der Waals surface area contributed by atoms with Gasteiger partial charge in [0.15, 0.2) is 5.69 Å². The molecule has 0 N–H and O–H groups in total. The molecule has 1 aliphatic rings. The lowest BCUT2D eigenvalue weighted by molar-refractivity contribution is -0.118. The summed E-state index contributed by atoms with van der Waals surface area (Å²) in [6.07, 6.45) is 3.68. The highest BCUT2D eigenvalue weighted by molar-refractivity contribution is 7.99. The van der Waals surface area contributed by atoms with Gasteiger partial charge >= 0.3 is 0 Å². The van der Waals surface area contributed by atoms with Gasteiger partial charge in [0, 0.05) is 36.2 Å². The van der Waals surface area contributed by atoms with E-state index in [1.165, 1.54) is 18.7 Å². The summed E-state index contributed by atoms with van der Waals surface area (Å²) in [5.74, 6) is 1.10. The van der Waals surface area contributed by atoms with Gasteiger partial charge in [-0.1, -0.05) is 43.0 Å². The molecular weight excluding hydrogens is 374 g/mol. The Bertz CT molecular complexity index is 999. The molecule has 3 heterocycles. The largest absolute Gasteiger partial charge is 0.447 e. The zero-order valence-electron chi connectivity index (χ0n) is 15.6. The van der Waals surface area contributed by atoms with Gasteiger partial charge in [0.2, 0.25) is 23.2 Å². The number of aromatic nitrogens is 4. The lowest BCUT2D eigenvalue weighted by Gasteiger charge is -2.29. The maximum atomic E-state index is 12.6. The van der Waals surface area contributed by atoms with E-state index < -0.39 is 6.23 Å². The molecule has 0 bridgehead atoms. The number of benzene rings is 1. The molecule has 1 aromatic carbocycles. The molecule has 1 amide bonds. The third kappa shape index (κ3) is 3.43. The molecule has 0 saturated carbocycles. The highest BCUT2D eigenvalue weighted by atomic mass is 32.2. The Labute approximate surface area is 167 Å². The number of carbonyl (C=O) groups is 1. The van der Waals surface area contributed by atoms with E-state index in [2.05, 4.69) is 27.1 Å². The lowest BCUT2D eigenvalue weighted by atomic mass is 10.1. The number of nitrogens with zero attached hydrogens (tertiary/aromatic N) is 5. The third-order valence-corrected chi connectivity index (χ3v) is 5.30. The van der Waals surface area contributed by atoms with Gasteiger partial charge in [-0.25, -0.2) is 0 Å². The molecule has 4 rings (SSSR count). The van der Waals surface area contributed by atoms with E-state index >= 15 is 0 Å². The van der Waals surface area contributed by atoms with Crippen LogP contribution in [0.25, 0.3) is 11.3 Å². The van der Waals surface area contributed by atoms with E-state index in [1.54, 1.807) is 17.3 Å². The van der Waals surface area contributed by atoms with E-state index in [0.29, 0.717) is 22.4 Å². The second-order valence-electron chi connectivity index (χ2n) is 6.26. The van der Waals surface area contributed by atoms with Crippen molar-refractivity contribution < 1.29 is 9.53 Å². The molecule has 0 aliphatic carbocycles. The van der Waals surface area contributed by atoms with Crippen molar-refractivity contribution in [1.29, 1.82) is 0 Å². The molecule has 1 atom stereocenters. The summed E-state index contributed by atoms with van der Waals surface area (Å²) < 4.78 is 6.26. The average molecular weight is 393 g/mol. The van der Waals surface area contributed by atoms with Gasteiger partial charge in [-0.2, -0.15) is 4.98 Å². The van der Waals surface area contributed by atoms with Crippen LogP contribution in [0, 0.1) is 0 Å². The summed E-state index contributed by atoms with van der Waals surface area (Å²) in [6.45, 7) is 3.61. The Morgan fingerprint density at radius 3 is 2.82 bits per heavy atom. The third-order valence-electron chi connectivity index (χ3n) is 4.26. The van der Waals surface area contributed by atoms with E-state index in [1.807, 2.05) is 36.4 Å². The molecule has 3 aromatic rings. The summed E-state index contributed by atoms with van der Waals surface area (Å²) in [5, 5.41) is 9.18. The first-order valence-corrected chi connectivity index (χ1v) is 10.0. The van der Waals surface area contributed by atoms with Crippen LogP contribution in [0.2, 0.25) is 0 Å². The lowest BCUT2D eigenvalue weighted by Crippen LogP contribution is -2.36. The second-order valence-corrected chi connectivity index (χ2v) is 7.32.